The Kier molecular flexibility index (Phi) is 3.64. The van der Waals surface area contributed by atoms with Gasteiger partial charge in [-0.2, -0.15) is 0 Å². The van der Waals surface area contributed by atoms with Gasteiger partial charge < -0.3 is 5.73 Å². The fourth-order valence-electron chi connectivity index (χ4n) is 1.09. The number of nitrogen functional groups attached to an aromatic ring is 1. The van der Waals surface area contributed by atoms with Gasteiger partial charge in [-0.1, -0.05) is 13.8 Å². The monoisotopic (exact) mass is 180 g/mol. The molecule has 1 aromatic heterocycles. The molecule has 0 unspecified atom stereocenters. The molecule has 0 fully saturated rings. The molecule has 0 bridgehead atoms. The Bertz CT molecular complexity index is 240. The Labute approximate surface area is 78.8 Å². The molecule has 1 aromatic rings. The quantitative estimate of drug-likeness (QED) is 0.748. The summed E-state index contributed by atoms with van der Waals surface area (Å²) < 4.78 is 0. The van der Waals surface area contributed by atoms with E-state index in [0.717, 1.165) is 25.5 Å². The summed E-state index contributed by atoms with van der Waals surface area (Å²) in [6, 6.07) is 0. The fourth-order valence-corrected chi connectivity index (χ4v) is 1.09. The van der Waals surface area contributed by atoms with Crippen LogP contribution in [0, 0.1) is 0 Å². The maximum Gasteiger partial charge on any atom is 0.142 e. The van der Waals surface area contributed by atoms with Gasteiger partial charge in [0, 0.05) is 0 Å². The van der Waals surface area contributed by atoms with Gasteiger partial charge in [0.25, 0.3) is 0 Å². The van der Waals surface area contributed by atoms with Crippen LogP contribution in [-0.4, -0.2) is 28.0 Å². The molecule has 1 heterocycles. The van der Waals surface area contributed by atoms with Crippen molar-refractivity contribution in [1.82, 2.24) is 14.9 Å². The van der Waals surface area contributed by atoms with Gasteiger partial charge in [-0.15, -0.1) is 0 Å². The SMILES string of the molecule is CCN(CC)Cc1ncc(N)cn1. The van der Waals surface area contributed by atoms with Crippen LogP contribution in [-0.2, 0) is 6.54 Å². The van der Waals surface area contributed by atoms with Crippen LogP contribution in [0.15, 0.2) is 12.4 Å². The highest BCUT2D eigenvalue weighted by molar-refractivity contribution is 5.29. The lowest BCUT2D eigenvalue weighted by Crippen LogP contribution is -2.23. The fraction of sp³-hybridized carbons (Fsp3) is 0.556. The number of rotatable bonds is 4. The Balaban J connectivity index is 2.58. The zero-order valence-corrected chi connectivity index (χ0v) is 8.20. The molecule has 0 radical (unpaired) electrons. The third-order valence-corrected chi connectivity index (χ3v) is 1.98. The van der Waals surface area contributed by atoms with E-state index in [1.165, 1.54) is 0 Å². The Hall–Kier alpha value is -1.16. The van der Waals surface area contributed by atoms with Crippen LogP contribution in [0.2, 0.25) is 0 Å². The van der Waals surface area contributed by atoms with Gasteiger partial charge in [-0.05, 0) is 13.1 Å². The molecule has 4 nitrogen and oxygen atoms in total. The van der Waals surface area contributed by atoms with E-state index in [2.05, 4.69) is 28.7 Å². The average Bonchev–Trinajstić information content (AvgIpc) is 2.17. The number of anilines is 1. The molecule has 0 aromatic carbocycles. The minimum atomic E-state index is 0.614. The molecule has 0 saturated carbocycles. The number of aromatic nitrogens is 2. The van der Waals surface area contributed by atoms with Crippen molar-refractivity contribution in [2.24, 2.45) is 0 Å². The highest BCUT2D eigenvalue weighted by Gasteiger charge is 2.02. The van der Waals surface area contributed by atoms with Crippen molar-refractivity contribution in [1.29, 1.82) is 0 Å². The summed E-state index contributed by atoms with van der Waals surface area (Å²) in [5.74, 6) is 0.831. The summed E-state index contributed by atoms with van der Waals surface area (Å²) in [4.78, 5) is 10.5. The van der Waals surface area contributed by atoms with Crippen LogP contribution in [0.3, 0.4) is 0 Å². The first-order valence-electron chi connectivity index (χ1n) is 4.55. The lowest BCUT2D eigenvalue weighted by molar-refractivity contribution is 0.288. The van der Waals surface area contributed by atoms with Gasteiger partial charge in [0.05, 0.1) is 24.6 Å². The minimum Gasteiger partial charge on any atom is -0.396 e. The van der Waals surface area contributed by atoms with Crippen molar-refractivity contribution in [3.63, 3.8) is 0 Å². The van der Waals surface area contributed by atoms with Crippen molar-refractivity contribution in [3.05, 3.63) is 18.2 Å². The maximum absolute atomic E-state index is 5.48. The molecular formula is C9H16N4. The summed E-state index contributed by atoms with van der Waals surface area (Å²) in [7, 11) is 0. The van der Waals surface area contributed by atoms with Gasteiger partial charge in [0.1, 0.15) is 5.82 Å². The Morgan fingerprint density at radius 2 is 1.77 bits per heavy atom. The minimum absolute atomic E-state index is 0.614. The molecule has 0 spiro atoms. The van der Waals surface area contributed by atoms with Gasteiger partial charge in [0.15, 0.2) is 0 Å². The van der Waals surface area contributed by atoms with Crippen LogP contribution < -0.4 is 5.73 Å². The molecule has 13 heavy (non-hydrogen) atoms. The predicted molar refractivity (Wildman–Crippen MR) is 53.1 cm³/mol. The number of nitrogens with two attached hydrogens (primary N) is 1. The number of hydrogen-bond acceptors (Lipinski definition) is 4. The smallest absolute Gasteiger partial charge is 0.142 e. The largest absolute Gasteiger partial charge is 0.396 e. The molecule has 0 saturated heterocycles. The second kappa shape index (κ2) is 4.77. The molecule has 0 aliphatic heterocycles. The highest BCUT2D eigenvalue weighted by atomic mass is 15.1. The molecule has 4 heteroatoms. The number of hydrogen-bond donors (Lipinski definition) is 1. The molecule has 0 aliphatic rings. The lowest BCUT2D eigenvalue weighted by atomic mass is 10.4. The van der Waals surface area contributed by atoms with Crippen molar-refractivity contribution in [2.45, 2.75) is 20.4 Å². The number of nitrogens with zero attached hydrogens (tertiary/aromatic N) is 3. The first kappa shape index (κ1) is 9.92. The van der Waals surface area contributed by atoms with Crippen LogP contribution in [0.1, 0.15) is 19.7 Å². The third-order valence-electron chi connectivity index (χ3n) is 1.98. The standard InChI is InChI=1S/C9H16N4/c1-3-13(4-2)7-9-11-5-8(10)6-12-9/h5-6H,3-4,7,10H2,1-2H3. The van der Waals surface area contributed by atoms with E-state index < -0.39 is 0 Å². The highest BCUT2D eigenvalue weighted by Crippen LogP contribution is 2.00. The summed E-state index contributed by atoms with van der Waals surface area (Å²) in [6.07, 6.45) is 3.29. The average molecular weight is 180 g/mol. The predicted octanol–water partition coefficient (Wildman–Crippen LogP) is 0.901. The van der Waals surface area contributed by atoms with Crippen LogP contribution in [0.4, 0.5) is 5.69 Å². The Morgan fingerprint density at radius 3 is 2.23 bits per heavy atom. The zero-order valence-electron chi connectivity index (χ0n) is 8.20. The van der Waals surface area contributed by atoms with E-state index in [4.69, 9.17) is 5.73 Å². The second-order valence-corrected chi connectivity index (χ2v) is 2.89. The first-order valence-corrected chi connectivity index (χ1v) is 4.55. The van der Waals surface area contributed by atoms with E-state index in [1.54, 1.807) is 12.4 Å². The summed E-state index contributed by atoms with van der Waals surface area (Å²) in [5.41, 5.74) is 6.10. The van der Waals surface area contributed by atoms with Crippen molar-refractivity contribution in [2.75, 3.05) is 18.8 Å². The molecule has 72 valence electrons. The topological polar surface area (TPSA) is 55.0 Å². The van der Waals surface area contributed by atoms with E-state index in [1.807, 2.05) is 0 Å². The van der Waals surface area contributed by atoms with Gasteiger partial charge in [-0.25, -0.2) is 9.97 Å². The maximum atomic E-state index is 5.48. The molecular weight excluding hydrogens is 164 g/mol. The second-order valence-electron chi connectivity index (χ2n) is 2.89. The summed E-state index contributed by atoms with van der Waals surface area (Å²) in [6.45, 7) is 7.09. The van der Waals surface area contributed by atoms with Crippen molar-refractivity contribution >= 4 is 5.69 Å². The van der Waals surface area contributed by atoms with E-state index in [-0.39, 0.29) is 0 Å². The summed E-state index contributed by atoms with van der Waals surface area (Å²) >= 11 is 0. The third kappa shape index (κ3) is 2.99. The van der Waals surface area contributed by atoms with Crippen LogP contribution in [0.25, 0.3) is 0 Å². The molecule has 1 rings (SSSR count). The molecule has 0 amide bonds. The van der Waals surface area contributed by atoms with Crippen LogP contribution in [0.5, 0.6) is 0 Å². The first-order chi connectivity index (χ1) is 6.26. The van der Waals surface area contributed by atoms with Gasteiger partial charge >= 0.3 is 0 Å². The van der Waals surface area contributed by atoms with Crippen LogP contribution >= 0.6 is 0 Å². The molecule has 2 N–H and O–H groups in total. The van der Waals surface area contributed by atoms with Crippen molar-refractivity contribution < 1.29 is 0 Å². The normalized spacial score (nSPS) is 10.7. The lowest BCUT2D eigenvalue weighted by Gasteiger charge is -2.16. The van der Waals surface area contributed by atoms with Crippen molar-refractivity contribution in [3.8, 4) is 0 Å². The molecule has 0 aliphatic carbocycles. The van der Waals surface area contributed by atoms with E-state index >= 15 is 0 Å². The summed E-state index contributed by atoms with van der Waals surface area (Å²) in [5, 5.41) is 0. The Morgan fingerprint density at radius 1 is 1.23 bits per heavy atom. The van der Waals surface area contributed by atoms with E-state index in [9.17, 15) is 0 Å². The zero-order chi connectivity index (χ0) is 9.68. The molecule has 0 atom stereocenters. The van der Waals surface area contributed by atoms with Gasteiger partial charge in [0.2, 0.25) is 0 Å². The van der Waals surface area contributed by atoms with Gasteiger partial charge in [-0.3, -0.25) is 4.90 Å². The van der Waals surface area contributed by atoms with E-state index in [0.29, 0.717) is 5.69 Å².